The molecule has 2 fully saturated rings. The maximum absolute atomic E-state index is 9.52. The third-order valence-corrected chi connectivity index (χ3v) is 4.17. The molecule has 0 saturated carbocycles. The molecule has 4 rings (SSSR count). The Labute approximate surface area is 131 Å². The zero-order chi connectivity index (χ0) is 15.5. The average Bonchev–Trinajstić information content (AvgIpc) is 3.10. The SMILES string of the molecule is CC1(C)O[C@@H]2[C@H](O1)[C@@H](CO)O[C@H]2n1cnc2c(Cl)ncnc21. The van der Waals surface area contributed by atoms with Crippen LogP contribution in [-0.4, -0.2) is 55.3 Å². The van der Waals surface area contributed by atoms with E-state index in [1.54, 1.807) is 10.9 Å². The molecule has 0 radical (unpaired) electrons. The monoisotopic (exact) mass is 326 g/mol. The summed E-state index contributed by atoms with van der Waals surface area (Å²) in [6, 6.07) is 0. The quantitative estimate of drug-likeness (QED) is 0.819. The normalized spacial score (nSPS) is 33.5. The molecule has 0 bridgehead atoms. The van der Waals surface area contributed by atoms with Gasteiger partial charge in [-0.25, -0.2) is 15.0 Å². The molecule has 0 spiro atoms. The molecule has 0 amide bonds. The summed E-state index contributed by atoms with van der Waals surface area (Å²) in [5.74, 6) is -0.728. The maximum Gasteiger partial charge on any atom is 0.167 e. The van der Waals surface area contributed by atoms with Gasteiger partial charge in [-0.1, -0.05) is 11.6 Å². The van der Waals surface area contributed by atoms with Crippen molar-refractivity contribution in [1.82, 2.24) is 19.5 Å². The smallest absolute Gasteiger partial charge is 0.167 e. The molecule has 2 saturated heterocycles. The van der Waals surface area contributed by atoms with Gasteiger partial charge >= 0.3 is 0 Å². The zero-order valence-electron chi connectivity index (χ0n) is 12.0. The van der Waals surface area contributed by atoms with E-state index in [1.807, 2.05) is 13.8 Å². The first-order valence-electron chi connectivity index (χ1n) is 6.95. The van der Waals surface area contributed by atoms with E-state index in [1.165, 1.54) is 6.33 Å². The molecule has 1 N–H and O–H groups in total. The van der Waals surface area contributed by atoms with Gasteiger partial charge in [0.25, 0.3) is 0 Å². The lowest BCUT2D eigenvalue weighted by atomic mass is 10.1. The lowest BCUT2D eigenvalue weighted by molar-refractivity contribution is -0.199. The van der Waals surface area contributed by atoms with Gasteiger partial charge < -0.3 is 19.3 Å². The molecule has 2 aromatic heterocycles. The number of rotatable bonds is 2. The molecule has 0 aliphatic carbocycles. The number of aliphatic hydroxyl groups excluding tert-OH is 1. The van der Waals surface area contributed by atoms with Crippen LogP contribution in [0.2, 0.25) is 5.15 Å². The van der Waals surface area contributed by atoms with E-state index in [9.17, 15) is 5.11 Å². The summed E-state index contributed by atoms with van der Waals surface area (Å²) in [5.41, 5.74) is 1.05. The second-order valence-corrected chi connectivity index (χ2v) is 6.16. The van der Waals surface area contributed by atoms with E-state index in [-0.39, 0.29) is 24.0 Å². The number of aromatic nitrogens is 4. The highest BCUT2D eigenvalue weighted by Crippen LogP contribution is 2.43. The highest BCUT2D eigenvalue weighted by atomic mass is 35.5. The van der Waals surface area contributed by atoms with Gasteiger partial charge in [0.1, 0.15) is 30.2 Å². The lowest BCUT2D eigenvalue weighted by Crippen LogP contribution is -2.31. The van der Waals surface area contributed by atoms with Crippen molar-refractivity contribution in [3.8, 4) is 0 Å². The van der Waals surface area contributed by atoms with E-state index in [0.29, 0.717) is 11.2 Å². The maximum atomic E-state index is 9.52. The summed E-state index contributed by atoms with van der Waals surface area (Å²) in [4.78, 5) is 12.4. The number of nitrogens with zero attached hydrogens (tertiary/aromatic N) is 4. The fourth-order valence-electron chi connectivity index (χ4n) is 3.04. The average molecular weight is 327 g/mol. The van der Waals surface area contributed by atoms with E-state index >= 15 is 0 Å². The molecule has 2 aliphatic heterocycles. The Morgan fingerprint density at radius 3 is 2.82 bits per heavy atom. The Balaban J connectivity index is 1.77. The number of imidazole rings is 1. The number of aliphatic hydroxyl groups is 1. The van der Waals surface area contributed by atoms with Gasteiger partial charge in [0.05, 0.1) is 12.9 Å². The van der Waals surface area contributed by atoms with Crippen LogP contribution in [0.4, 0.5) is 0 Å². The minimum absolute atomic E-state index is 0.153. The lowest BCUT2D eigenvalue weighted by Gasteiger charge is -2.24. The van der Waals surface area contributed by atoms with Crippen LogP contribution in [0.15, 0.2) is 12.7 Å². The molecule has 118 valence electrons. The summed E-state index contributed by atoms with van der Waals surface area (Å²) >= 11 is 6.03. The molecule has 4 heterocycles. The van der Waals surface area contributed by atoms with Crippen LogP contribution in [-0.2, 0) is 14.2 Å². The molecule has 2 aromatic rings. The van der Waals surface area contributed by atoms with E-state index < -0.39 is 18.1 Å². The van der Waals surface area contributed by atoms with E-state index in [2.05, 4.69) is 15.0 Å². The molecule has 2 aliphatic rings. The molecular formula is C13H15ClN4O4. The first kappa shape index (κ1) is 14.3. The second-order valence-electron chi connectivity index (χ2n) is 5.80. The van der Waals surface area contributed by atoms with Gasteiger partial charge in [-0.2, -0.15) is 0 Å². The first-order chi connectivity index (χ1) is 10.5. The van der Waals surface area contributed by atoms with Crippen LogP contribution in [0, 0.1) is 0 Å². The minimum atomic E-state index is -0.728. The number of halogens is 1. The number of ether oxygens (including phenoxy) is 3. The molecule has 22 heavy (non-hydrogen) atoms. The van der Waals surface area contributed by atoms with Crippen LogP contribution >= 0.6 is 11.6 Å². The minimum Gasteiger partial charge on any atom is -0.394 e. The van der Waals surface area contributed by atoms with Gasteiger partial charge in [-0.3, -0.25) is 4.57 Å². The van der Waals surface area contributed by atoms with Crippen LogP contribution in [0.25, 0.3) is 11.2 Å². The van der Waals surface area contributed by atoms with Crippen LogP contribution < -0.4 is 0 Å². The molecule has 4 atom stereocenters. The summed E-state index contributed by atoms with van der Waals surface area (Å²) < 4.78 is 19.4. The molecule has 8 nitrogen and oxygen atoms in total. The van der Waals surface area contributed by atoms with Gasteiger partial charge in [0, 0.05) is 0 Å². The fraction of sp³-hybridized carbons (Fsp3) is 0.615. The Kier molecular flexibility index (Phi) is 3.14. The van der Waals surface area contributed by atoms with Crippen molar-refractivity contribution in [1.29, 1.82) is 0 Å². The Hall–Kier alpha value is -1.32. The number of hydrogen-bond acceptors (Lipinski definition) is 7. The summed E-state index contributed by atoms with van der Waals surface area (Å²) in [6.07, 6.45) is 1.28. The van der Waals surface area contributed by atoms with Crippen molar-refractivity contribution in [2.45, 2.75) is 44.2 Å². The molecule has 9 heteroatoms. The molecular weight excluding hydrogens is 312 g/mol. The van der Waals surface area contributed by atoms with Crippen molar-refractivity contribution in [3.05, 3.63) is 17.8 Å². The van der Waals surface area contributed by atoms with Crippen LogP contribution in [0.1, 0.15) is 20.1 Å². The topological polar surface area (TPSA) is 91.5 Å². The van der Waals surface area contributed by atoms with Crippen molar-refractivity contribution in [3.63, 3.8) is 0 Å². The number of hydrogen-bond donors (Lipinski definition) is 1. The predicted molar refractivity (Wildman–Crippen MR) is 75.2 cm³/mol. The summed E-state index contributed by atoms with van der Waals surface area (Å²) in [7, 11) is 0. The molecule has 0 unspecified atom stereocenters. The van der Waals surface area contributed by atoms with Crippen molar-refractivity contribution in [2.75, 3.05) is 6.61 Å². The summed E-state index contributed by atoms with van der Waals surface area (Å²) in [5, 5.41) is 9.80. The van der Waals surface area contributed by atoms with E-state index in [4.69, 9.17) is 25.8 Å². The Bertz CT molecular complexity index is 721. The first-order valence-corrected chi connectivity index (χ1v) is 7.33. The van der Waals surface area contributed by atoms with Gasteiger partial charge in [0.15, 0.2) is 22.8 Å². The second kappa shape index (κ2) is 4.84. The predicted octanol–water partition coefficient (Wildman–Crippen LogP) is 0.889. The van der Waals surface area contributed by atoms with Gasteiger partial charge in [-0.05, 0) is 13.8 Å². The van der Waals surface area contributed by atoms with Crippen molar-refractivity contribution < 1.29 is 19.3 Å². The van der Waals surface area contributed by atoms with Crippen LogP contribution in [0.5, 0.6) is 0 Å². The molecule has 0 aromatic carbocycles. The Morgan fingerprint density at radius 2 is 2.05 bits per heavy atom. The van der Waals surface area contributed by atoms with E-state index in [0.717, 1.165) is 0 Å². The highest BCUT2D eigenvalue weighted by Gasteiger charge is 2.55. The van der Waals surface area contributed by atoms with Crippen LogP contribution in [0.3, 0.4) is 0 Å². The zero-order valence-corrected chi connectivity index (χ0v) is 12.8. The summed E-state index contributed by atoms with van der Waals surface area (Å²) in [6.45, 7) is 3.52. The third kappa shape index (κ3) is 2.03. The van der Waals surface area contributed by atoms with Crippen molar-refractivity contribution in [2.24, 2.45) is 0 Å². The number of fused-ring (bicyclic) bond motifs is 2. The standard InChI is InChI=1S/C13H15ClN4O4/c1-13(2)21-8-6(3-19)20-12(9(8)22-13)18-5-17-7-10(14)15-4-16-11(7)18/h4-6,8-9,12,19H,3H2,1-2H3/t6-,8-,9-,12-/m1/s1. The fourth-order valence-corrected chi connectivity index (χ4v) is 3.22. The van der Waals surface area contributed by atoms with Gasteiger partial charge in [-0.15, -0.1) is 0 Å². The largest absolute Gasteiger partial charge is 0.394 e. The van der Waals surface area contributed by atoms with Crippen molar-refractivity contribution >= 4 is 22.8 Å². The Morgan fingerprint density at radius 1 is 1.27 bits per heavy atom. The highest BCUT2D eigenvalue weighted by molar-refractivity contribution is 6.33. The van der Waals surface area contributed by atoms with Gasteiger partial charge in [0.2, 0.25) is 0 Å². The third-order valence-electron chi connectivity index (χ3n) is 3.89.